The summed E-state index contributed by atoms with van der Waals surface area (Å²) < 4.78 is 0. The zero-order valence-corrected chi connectivity index (χ0v) is 7.15. The molecule has 0 aromatic rings. The average molecular weight is 139 g/mol. The highest BCUT2D eigenvalue weighted by molar-refractivity contribution is 4.99. The summed E-state index contributed by atoms with van der Waals surface area (Å²) in [6.45, 7) is 10.2. The van der Waals surface area contributed by atoms with Crippen LogP contribution in [0.3, 0.4) is 0 Å². The summed E-state index contributed by atoms with van der Waals surface area (Å²) >= 11 is 0. The first-order valence-corrected chi connectivity index (χ1v) is 3.78. The Morgan fingerprint density at radius 1 is 1.60 bits per heavy atom. The van der Waals surface area contributed by atoms with Gasteiger partial charge in [0.05, 0.1) is 0 Å². The topological polar surface area (TPSA) is 12.0 Å². The van der Waals surface area contributed by atoms with Crippen molar-refractivity contribution in [3.63, 3.8) is 0 Å². The third-order valence-corrected chi connectivity index (χ3v) is 1.32. The van der Waals surface area contributed by atoms with E-state index in [9.17, 15) is 0 Å². The Kier molecular flexibility index (Phi) is 4.73. The molecule has 58 valence electrons. The SMILES string of the molecule is C=C(N/C=C\CC)C(C)C. The summed E-state index contributed by atoms with van der Waals surface area (Å²) in [6, 6.07) is 0. The Morgan fingerprint density at radius 2 is 2.20 bits per heavy atom. The van der Waals surface area contributed by atoms with E-state index in [1.54, 1.807) is 0 Å². The highest BCUT2D eigenvalue weighted by Crippen LogP contribution is 2.01. The summed E-state index contributed by atoms with van der Waals surface area (Å²) in [5.41, 5.74) is 1.07. The lowest BCUT2D eigenvalue weighted by Crippen LogP contribution is -2.08. The molecule has 0 spiro atoms. The minimum Gasteiger partial charge on any atom is -0.366 e. The number of nitrogens with one attached hydrogen (secondary N) is 1. The van der Waals surface area contributed by atoms with Crippen molar-refractivity contribution in [2.45, 2.75) is 27.2 Å². The second-order valence-electron chi connectivity index (χ2n) is 2.63. The second kappa shape index (κ2) is 5.10. The van der Waals surface area contributed by atoms with Crippen molar-refractivity contribution in [1.82, 2.24) is 5.32 Å². The monoisotopic (exact) mass is 139 g/mol. The number of allylic oxidation sites excluding steroid dienone is 2. The van der Waals surface area contributed by atoms with Gasteiger partial charge in [0.15, 0.2) is 0 Å². The van der Waals surface area contributed by atoms with E-state index < -0.39 is 0 Å². The molecule has 1 nitrogen and oxygen atoms in total. The zero-order chi connectivity index (χ0) is 7.98. The van der Waals surface area contributed by atoms with Crippen molar-refractivity contribution >= 4 is 0 Å². The molecule has 0 rings (SSSR count). The molecule has 1 N–H and O–H groups in total. The Balaban J connectivity index is 3.49. The molecule has 1 heteroatoms. The van der Waals surface area contributed by atoms with E-state index in [1.807, 2.05) is 6.20 Å². The molecule has 0 fully saturated rings. The molecular weight excluding hydrogens is 122 g/mol. The van der Waals surface area contributed by atoms with Gasteiger partial charge in [0.25, 0.3) is 0 Å². The molecule has 0 heterocycles. The molecule has 0 unspecified atom stereocenters. The molecule has 0 atom stereocenters. The van der Waals surface area contributed by atoms with Crippen molar-refractivity contribution in [2.24, 2.45) is 5.92 Å². The Labute approximate surface area is 63.8 Å². The maximum Gasteiger partial charge on any atom is 0.00990 e. The van der Waals surface area contributed by atoms with Gasteiger partial charge >= 0.3 is 0 Å². The van der Waals surface area contributed by atoms with Gasteiger partial charge < -0.3 is 5.32 Å². The van der Waals surface area contributed by atoms with E-state index in [-0.39, 0.29) is 0 Å². The van der Waals surface area contributed by atoms with Gasteiger partial charge in [0, 0.05) is 5.70 Å². The molecule has 0 saturated carbocycles. The molecule has 0 aliphatic rings. The van der Waals surface area contributed by atoms with Crippen molar-refractivity contribution in [2.75, 3.05) is 0 Å². The van der Waals surface area contributed by atoms with E-state index in [1.165, 1.54) is 0 Å². The summed E-state index contributed by atoms with van der Waals surface area (Å²) in [6.07, 6.45) is 5.09. The zero-order valence-electron chi connectivity index (χ0n) is 7.15. The maximum atomic E-state index is 3.86. The fourth-order valence-electron chi connectivity index (χ4n) is 0.450. The van der Waals surface area contributed by atoms with Gasteiger partial charge in [-0.3, -0.25) is 0 Å². The van der Waals surface area contributed by atoms with E-state index in [2.05, 4.69) is 38.7 Å². The molecule has 10 heavy (non-hydrogen) atoms. The maximum absolute atomic E-state index is 3.86. The summed E-state index contributed by atoms with van der Waals surface area (Å²) in [5, 5.41) is 3.11. The van der Waals surface area contributed by atoms with Gasteiger partial charge in [-0.05, 0) is 18.5 Å². The normalized spacial score (nSPS) is 10.8. The van der Waals surface area contributed by atoms with E-state index in [0.717, 1.165) is 12.1 Å². The number of hydrogen-bond donors (Lipinski definition) is 1. The minimum absolute atomic E-state index is 0.515. The Bertz CT molecular complexity index is 123. The standard InChI is InChI=1S/C9H17N/c1-5-6-7-10-9(4)8(2)3/h6-8,10H,4-5H2,1-3H3/b7-6-. The summed E-state index contributed by atoms with van der Waals surface area (Å²) in [7, 11) is 0. The lowest BCUT2D eigenvalue weighted by molar-refractivity contribution is 0.718. The molecule has 0 aliphatic heterocycles. The summed E-state index contributed by atoms with van der Waals surface area (Å²) in [5.74, 6) is 0.515. The van der Waals surface area contributed by atoms with Crippen LogP contribution in [-0.2, 0) is 0 Å². The predicted molar refractivity (Wildman–Crippen MR) is 46.5 cm³/mol. The third-order valence-electron chi connectivity index (χ3n) is 1.32. The second-order valence-corrected chi connectivity index (χ2v) is 2.63. The van der Waals surface area contributed by atoms with E-state index >= 15 is 0 Å². The molecule has 0 saturated heterocycles. The van der Waals surface area contributed by atoms with Gasteiger partial charge in [0.1, 0.15) is 0 Å². The predicted octanol–water partition coefficient (Wildman–Crippen LogP) is 2.67. The quantitative estimate of drug-likeness (QED) is 0.631. The van der Waals surface area contributed by atoms with Crippen LogP contribution in [0.15, 0.2) is 24.6 Å². The van der Waals surface area contributed by atoms with Crippen LogP contribution < -0.4 is 5.32 Å². The van der Waals surface area contributed by atoms with Crippen LogP contribution in [0, 0.1) is 5.92 Å². The van der Waals surface area contributed by atoms with Crippen LogP contribution in [0.4, 0.5) is 0 Å². The highest BCUT2D eigenvalue weighted by atomic mass is 14.8. The van der Waals surface area contributed by atoms with Gasteiger partial charge in [-0.2, -0.15) is 0 Å². The molecule has 0 amide bonds. The van der Waals surface area contributed by atoms with Crippen LogP contribution in [0.5, 0.6) is 0 Å². The fourth-order valence-corrected chi connectivity index (χ4v) is 0.450. The molecule has 0 aromatic carbocycles. The van der Waals surface area contributed by atoms with Crippen LogP contribution in [0.25, 0.3) is 0 Å². The molecule has 0 radical (unpaired) electrons. The molecular formula is C9H17N. The smallest absolute Gasteiger partial charge is 0.00990 e. The van der Waals surface area contributed by atoms with Gasteiger partial charge in [0.2, 0.25) is 0 Å². The molecule has 0 bridgehead atoms. The van der Waals surface area contributed by atoms with Crippen molar-refractivity contribution in [3.8, 4) is 0 Å². The highest BCUT2D eigenvalue weighted by Gasteiger charge is 1.94. The first-order chi connectivity index (χ1) is 4.68. The Hall–Kier alpha value is -0.720. The van der Waals surface area contributed by atoms with E-state index in [4.69, 9.17) is 0 Å². The average Bonchev–Trinajstić information content (AvgIpc) is 1.88. The first kappa shape index (κ1) is 9.28. The summed E-state index contributed by atoms with van der Waals surface area (Å²) in [4.78, 5) is 0. The minimum atomic E-state index is 0.515. The Morgan fingerprint density at radius 3 is 2.60 bits per heavy atom. The van der Waals surface area contributed by atoms with Gasteiger partial charge in [-0.1, -0.05) is 33.4 Å². The molecule has 0 aromatic heterocycles. The van der Waals surface area contributed by atoms with Crippen LogP contribution >= 0.6 is 0 Å². The molecule has 0 aliphatic carbocycles. The van der Waals surface area contributed by atoms with Crippen LogP contribution in [-0.4, -0.2) is 0 Å². The van der Waals surface area contributed by atoms with Crippen molar-refractivity contribution in [3.05, 3.63) is 24.6 Å². The third kappa shape index (κ3) is 4.19. The lowest BCUT2D eigenvalue weighted by Gasteiger charge is -2.07. The van der Waals surface area contributed by atoms with Crippen LogP contribution in [0.2, 0.25) is 0 Å². The van der Waals surface area contributed by atoms with Crippen LogP contribution in [0.1, 0.15) is 27.2 Å². The van der Waals surface area contributed by atoms with E-state index in [0.29, 0.717) is 5.92 Å². The number of hydrogen-bond acceptors (Lipinski definition) is 1. The lowest BCUT2D eigenvalue weighted by atomic mass is 10.2. The van der Waals surface area contributed by atoms with Gasteiger partial charge in [-0.25, -0.2) is 0 Å². The van der Waals surface area contributed by atoms with Crippen molar-refractivity contribution in [1.29, 1.82) is 0 Å². The largest absolute Gasteiger partial charge is 0.366 e. The van der Waals surface area contributed by atoms with Gasteiger partial charge in [-0.15, -0.1) is 0 Å². The van der Waals surface area contributed by atoms with Crippen molar-refractivity contribution < 1.29 is 0 Å². The number of rotatable bonds is 4. The first-order valence-electron chi connectivity index (χ1n) is 3.78. The fraction of sp³-hybridized carbons (Fsp3) is 0.556.